The minimum atomic E-state index is -0.525. The largest absolute Gasteiger partial charge is 0.316 e. The molecular formula is C12H17F2NS. The molecule has 0 aliphatic carbocycles. The van der Waals surface area contributed by atoms with E-state index in [0.29, 0.717) is 4.90 Å². The van der Waals surface area contributed by atoms with E-state index in [-0.39, 0.29) is 0 Å². The van der Waals surface area contributed by atoms with Crippen molar-refractivity contribution in [2.24, 2.45) is 0 Å². The van der Waals surface area contributed by atoms with Gasteiger partial charge in [-0.15, -0.1) is 11.8 Å². The zero-order chi connectivity index (χ0) is 11.8. The number of hydrogen-bond donors (Lipinski definition) is 1. The van der Waals surface area contributed by atoms with Crippen LogP contribution in [0.4, 0.5) is 8.78 Å². The summed E-state index contributed by atoms with van der Waals surface area (Å²) in [5, 5.41) is 3.27. The van der Waals surface area contributed by atoms with E-state index in [4.69, 9.17) is 0 Å². The normalized spacial score (nSPS) is 10.7. The second-order valence-corrected chi connectivity index (χ2v) is 4.66. The van der Waals surface area contributed by atoms with Gasteiger partial charge in [-0.1, -0.05) is 13.3 Å². The van der Waals surface area contributed by atoms with Gasteiger partial charge in [0.2, 0.25) is 0 Å². The van der Waals surface area contributed by atoms with Crippen molar-refractivity contribution in [1.82, 2.24) is 5.32 Å². The number of thioether (sulfide) groups is 1. The maximum atomic E-state index is 13.2. The molecule has 90 valence electrons. The third-order valence-electron chi connectivity index (χ3n) is 2.14. The topological polar surface area (TPSA) is 12.0 Å². The number of hydrogen-bond acceptors (Lipinski definition) is 2. The minimum Gasteiger partial charge on any atom is -0.316 e. The Morgan fingerprint density at radius 1 is 1.25 bits per heavy atom. The van der Waals surface area contributed by atoms with E-state index in [2.05, 4.69) is 12.2 Å². The summed E-state index contributed by atoms with van der Waals surface area (Å²) in [6, 6.07) is 3.70. The molecule has 0 unspecified atom stereocenters. The second-order valence-electron chi connectivity index (χ2n) is 3.53. The van der Waals surface area contributed by atoms with Crippen LogP contribution in [0.2, 0.25) is 0 Å². The summed E-state index contributed by atoms with van der Waals surface area (Å²) in [4.78, 5) is 0.513. The van der Waals surface area contributed by atoms with Crippen molar-refractivity contribution in [2.75, 3.05) is 18.8 Å². The zero-order valence-corrected chi connectivity index (χ0v) is 10.2. The third kappa shape index (κ3) is 4.94. The number of halogens is 2. The molecule has 0 aliphatic heterocycles. The van der Waals surface area contributed by atoms with Crippen molar-refractivity contribution in [2.45, 2.75) is 24.7 Å². The van der Waals surface area contributed by atoms with Gasteiger partial charge in [0, 0.05) is 23.3 Å². The maximum absolute atomic E-state index is 13.2. The molecular weight excluding hydrogens is 228 g/mol. The van der Waals surface area contributed by atoms with E-state index in [1.165, 1.54) is 30.3 Å². The second kappa shape index (κ2) is 7.63. The predicted octanol–water partition coefficient (Wildman–Crippen LogP) is 3.45. The number of nitrogens with one attached hydrogen (secondary N) is 1. The molecule has 0 heterocycles. The summed E-state index contributed by atoms with van der Waals surface area (Å²) in [6.07, 6.45) is 2.34. The van der Waals surface area contributed by atoms with Crippen LogP contribution in [-0.4, -0.2) is 18.8 Å². The summed E-state index contributed by atoms with van der Waals surface area (Å²) >= 11 is 1.41. The van der Waals surface area contributed by atoms with Crippen molar-refractivity contribution in [1.29, 1.82) is 0 Å². The van der Waals surface area contributed by atoms with E-state index < -0.39 is 11.6 Å². The lowest BCUT2D eigenvalue weighted by Gasteiger charge is -2.04. The SMILES string of the molecule is CCCCNCCSc1ccc(F)cc1F. The van der Waals surface area contributed by atoms with Gasteiger partial charge in [-0.05, 0) is 25.1 Å². The molecule has 0 spiro atoms. The quantitative estimate of drug-likeness (QED) is 0.583. The van der Waals surface area contributed by atoms with E-state index in [1.54, 1.807) is 0 Å². The highest BCUT2D eigenvalue weighted by atomic mass is 32.2. The molecule has 0 aromatic heterocycles. The fraction of sp³-hybridized carbons (Fsp3) is 0.500. The fourth-order valence-corrected chi connectivity index (χ4v) is 2.08. The highest BCUT2D eigenvalue weighted by molar-refractivity contribution is 7.99. The minimum absolute atomic E-state index is 0.474. The summed E-state index contributed by atoms with van der Waals surface area (Å²) in [5.74, 6) is -0.201. The molecule has 1 rings (SSSR count). The van der Waals surface area contributed by atoms with Crippen molar-refractivity contribution in [3.63, 3.8) is 0 Å². The first kappa shape index (κ1) is 13.5. The van der Waals surface area contributed by atoms with Crippen LogP contribution in [0.25, 0.3) is 0 Å². The molecule has 1 nitrogen and oxygen atoms in total. The molecule has 0 radical (unpaired) electrons. The molecule has 4 heteroatoms. The van der Waals surface area contributed by atoms with Gasteiger partial charge in [0.1, 0.15) is 11.6 Å². The molecule has 0 saturated carbocycles. The Morgan fingerprint density at radius 3 is 2.75 bits per heavy atom. The molecule has 16 heavy (non-hydrogen) atoms. The molecule has 0 amide bonds. The van der Waals surface area contributed by atoms with Gasteiger partial charge in [0.25, 0.3) is 0 Å². The molecule has 0 fully saturated rings. The summed E-state index contributed by atoms with van der Waals surface area (Å²) in [5.41, 5.74) is 0. The number of rotatable bonds is 7. The molecule has 1 N–H and O–H groups in total. The average molecular weight is 245 g/mol. The van der Waals surface area contributed by atoms with Gasteiger partial charge in [-0.25, -0.2) is 8.78 Å². The van der Waals surface area contributed by atoms with E-state index in [9.17, 15) is 8.78 Å². The smallest absolute Gasteiger partial charge is 0.139 e. The van der Waals surface area contributed by atoms with Crippen LogP contribution in [0.3, 0.4) is 0 Å². The number of benzene rings is 1. The monoisotopic (exact) mass is 245 g/mol. The van der Waals surface area contributed by atoms with Crippen LogP contribution < -0.4 is 5.32 Å². The van der Waals surface area contributed by atoms with Crippen LogP contribution >= 0.6 is 11.8 Å². The van der Waals surface area contributed by atoms with Crippen molar-refractivity contribution in [3.8, 4) is 0 Å². The first-order valence-corrected chi connectivity index (χ1v) is 6.51. The Bertz CT molecular complexity index is 318. The molecule has 1 aromatic rings. The molecule has 0 aliphatic rings. The van der Waals surface area contributed by atoms with E-state index in [0.717, 1.165) is 31.3 Å². The van der Waals surface area contributed by atoms with Gasteiger partial charge in [0.05, 0.1) is 0 Å². The van der Waals surface area contributed by atoms with Crippen molar-refractivity contribution < 1.29 is 8.78 Å². The average Bonchev–Trinajstić information content (AvgIpc) is 2.26. The molecule has 0 bridgehead atoms. The Hall–Kier alpha value is -0.610. The summed E-state index contributed by atoms with van der Waals surface area (Å²) < 4.78 is 25.8. The van der Waals surface area contributed by atoms with Crippen molar-refractivity contribution >= 4 is 11.8 Å². The van der Waals surface area contributed by atoms with Gasteiger partial charge < -0.3 is 5.32 Å². The van der Waals surface area contributed by atoms with Gasteiger partial charge in [0.15, 0.2) is 0 Å². The summed E-state index contributed by atoms with van der Waals surface area (Å²) in [7, 11) is 0. The molecule has 0 atom stereocenters. The van der Waals surface area contributed by atoms with Gasteiger partial charge in [-0.2, -0.15) is 0 Å². The highest BCUT2D eigenvalue weighted by Gasteiger charge is 2.03. The lowest BCUT2D eigenvalue weighted by Crippen LogP contribution is -2.18. The van der Waals surface area contributed by atoms with Crippen LogP contribution in [0.15, 0.2) is 23.1 Å². The first-order valence-electron chi connectivity index (χ1n) is 5.52. The standard InChI is InChI=1S/C12H17F2NS/c1-2-3-6-15-7-8-16-12-5-4-10(13)9-11(12)14/h4-5,9,15H,2-3,6-8H2,1H3. The Labute approximate surface area is 99.6 Å². The molecule has 0 saturated heterocycles. The van der Waals surface area contributed by atoms with Gasteiger partial charge >= 0.3 is 0 Å². The lowest BCUT2D eigenvalue weighted by molar-refractivity contribution is 0.565. The van der Waals surface area contributed by atoms with Crippen LogP contribution in [0.5, 0.6) is 0 Å². The first-order chi connectivity index (χ1) is 7.74. The molecule has 1 aromatic carbocycles. The van der Waals surface area contributed by atoms with Crippen molar-refractivity contribution in [3.05, 3.63) is 29.8 Å². The van der Waals surface area contributed by atoms with Gasteiger partial charge in [-0.3, -0.25) is 0 Å². The van der Waals surface area contributed by atoms with Crippen LogP contribution in [-0.2, 0) is 0 Å². The Balaban J connectivity index is 2.21. The van der Waals surface area contributed by atoms with E-state index >= 15 is 0 Å². The Kier molecular flexibility index (Phi) is 6.42. The number of unbranched alkanes of at least 4 members (excludes halogenated alkanes) is 1. The predicted molar refractivity (Wildman–Crippen MR) is 64.9 cm³/mol. The fourth-order valence-electron chi connectivity index (χ4n) is 1.25. The lowest BCUT2D eigenvalue weighted by atomic mass is 10.3. The zero-order valence-electron chi connectivity index (χ0n) is 9.43. The Morgan fingerprint density at radius 2 is 2.06 bits per heavy atom. The van der Waals surface area contributed by atoms with E-state index in [1.807, 2.05) is 0 Å². The highest BCUT2D eigenvalue weighted by Crippen LogP contribution is 2.21. The summed E-state index contributed by atoms with van der Waals surface area (Å²) in [6.45, 7) is 3.99. The van der Waals surface area contributed by atoms with Crippen LogP contribution in [0, 0.1) is 11.6 Å². The maximum Gasteiger partial charge on any atom is 0.139 e. The van der Waals surface area contributed by atoms with Crippen LogP contribution in [0.1, 0.15) is 19.8 Å². The third-order valence-corrected chi connectivity index (χ3v) is 3.19.